The highest BCUT2D eigenvalue weighted by Gasteiger charge is 2.23. The van der Waals surface area contributed by atoms with Crippen LogP contribution in [0.15, 0.2) is 23.1 Å². The molecule has 0 heterocycles. The van der Waals surface area contributed by atoms with Gasteiger partial charge in [0.05, 0.1) is 10.6 Å². The molecule has 1 aromatic rings. The second-order valence-electron chi connectivity index (χ2n) is 4.63. The normalized spacial score (nSPS) is 12.6. The molecule has 1 atom stereocenters. The van der Waals surface area contributed by atoms with Crippen molar-refractivity contribution in [2.24, 2.45) is 0 Å². The smallest absolute Gasteiger partial charge is 0.338 e. The van der Waals surface area contributed by atoms with Crippen LogP contribution in [0.4, 0.5) is 0 Å². The fourth-order valence-corrected chi connectivity index (χ4v) is 2.84. The molecule has 1 rings (SSSR count). The van der Waals surface area contributed by atoms with Crippen LogP contribution in [0.3, 0.4) is 0 Å². The molecule has 0 bridgehead atoms. The minimum atomic E-state index is -3.81. The molecule has 0 aliphatic rings. The predicted molar refractivity (Wildman–Crippen MR) is 81.3 cm³/mol. The van der Waals surface area contributed by atoms with Crippen LogP contribution in [0, 0.1) is 0 Å². The van der Waals surface area contributed by atoms with Gasteiger partial charge in [0.25, 0.3) is 5.91 Å². The van der Waals surface area contributed by atoms with E-state index in [4.69, 9.17) is 16.3 Å². The molecule has 22 heavy (non-hydrogen) atoms. The number of hydrogen-bond acceptors (Lipinski definition) is 5. The average molecular weight is 349 g/mol. The molecule has 0 saturated heterocycles. The van der Waals surface area contributed by atoms with Gasteiger partial charge >= 0.3 is 5.97 Å². The van der Waals surface area contributed by atoms with Crippen molar-refractivity contribution in [3.63, 3.8) is 0 Å². The first-order valence-corrected chi connectivity index (χ1v) is 8.11. The molecule has 1 aromatic carbocycles. The summed E-state index contributed by atoms with van der Waals surface area (Å²) in [5.41, 5.74) is -0.0170. The van der Waals surface area contributed by atoms with Crippen molar-refractivity contribution in [1.82, 2.24) is 9.62 Å². The van der Waals surface area contributed by atoms with Crippen LogP contribution in [-0.4, -0.2) is 52.4 Å². The van der Waals surface area contributed by atoms with Gasteiger partial charge in [-0.15, -0.1) is 0 Å². The third kappa shape index (κ3) is 4.19. The highest BCUT2D eigenvalue weighted by molar-refractivity contribution is 7.89. The van der Waals surface area contributed by atoms with Gasteiger partial charge < -0.3 is 9.64 Å². The molecule has 0 aromatic heterocycles. The number of ether oxygens (including phenoxy) is 1. The number of sulfonamides is 1. The quantitative estimate of drug-likeness (QED) is 0.797. The summed E-state index contributed by atoms with van der Waals surface area (Å²) in [6, 6.07) is 3.70. The summed E-state index contributed by atoms with van der Waals surface area (Å²) < 4.78 is 30.7. The van der Waals surface area contributed by atoms with E-state index >= 15 is 0 Å². The van der Waals surface area contributed by atoms with Crippen LogP contribution in [0.25, 0.3) is 0 Å². The zero-order valence-electron chi connectivity index (χ0n) is 12.6. The molecule has 0 spiro atoms. The Morgan fingerprint density at radius 2 is 1.91 bits per heavy atom. The third-order valence-corrected chi connectivity index (χ3v) is 4.69. The van der Waals surface area contributed by atoms with Crippen molar-refractivity contribution in [2.45, 2.75) is 17.9 Å². The zero-order valence-corrected chi connectivity index (χ0v) is 14.2. The molecular formula is C13H17ClN2O5S. The molecule has 7 nitrogen and oxygen atoms in total. The summed E-state index contributed by atoms with van der Waals surface area (Å²) in [7, 11) is 0.491. The lowest BCUT2D eigenvalue weighted by Gasteiger charge is -2.17. The van der Waals surface area contributed by atoms with E-state index in [1.807, 2.05) is 0 Å². The van der Waals surface area contributed by atoms with Crippen molar-refractivity contribution >= 4 is 33.5 Å². The van der Waals surface area contributed by atoms with E-state index in [0.717, 1.165) is 6.07 Å². The Morgan fingerprint density at radius 3 is 2.41 bits per heavy atom. The molecule has 0 aliphatic heterocycles. The van der Waals surface area contributed by atoms with Crippen LogP contribution in [-0.2, 0) is 19.6 Å². The molecule has 1 amide bonds. The molecule has 122 valence electrons. The van der Waals surface area contributed by atoms with E-state index in [2.05, 4.69) is 4.72 Å². The first-order chi connectivity index (χ1) is 10.1. The van der Waals surface area contributed by atoms with Gasteiger partial charge in [-0.25, -0.2) is 17.9 Å². The van der Waals surface area contributed by atoms with Crippen molar-refractivity contribution in [3.05, 3.63) is 28.8 Å². The van der Waals surface area contributed by atoms with E-state index in [9.17, 15) is 18.0 Å². The SMILES string of the molecule is CNS(=O)(=O)c1cc(C(=O)O[C@H](C)C(=O)N(C)C)ccc1Cl. The minimum absolute atomic E-state index is 0.0170. The van der Waals surface area contributed by atoms with Crippen LogP contribution in [0.1, 0.15) is 17.3 Å². The lowest BCUT2D eigenvalue weighted by atomic mass is 10.2. The Hall–Kier alpha value is -1.64. The van der Waals surface area contributed by atoms with E-state index in [0.29, 0.717) is 0 Å². The number of carbonyl (C=O) groups excluding carboxylic acids is 2. The van der Waals surface area contributed by atoms with Gasteiger partial charge in [0.15, 0.2) is 6.10 Å². The summed E-state index contributed by atoms with van der Waals surface area (Å²) in [4.78, 5) is 24.7. The van der Waals surface area contributed by atoms with Gasteiger partial charge in [0, 0.05) is 14.1 Å². The second kappa shape index (κ2) is 7.08. The Kier molecular flexibility index (Phi) is 5.92. The van der Waals surface area contributed by atoms with Gasteiger partial charge in [-0.05, 0) is 32.2 Å². The molecular weight excluding hydrogens is 332 g/mol. The first-order valence-electron chi connectivity index (χ1n) is 6.25. The first kappa shape index (κ1) is 18.4. The van der Waals surface area contributed by atoms with Crippen LogP contribution >= 0.6 is 11.6 Å². The topological polar surface area (TPSA) is 92.8 Å². The van der Waals surface area contributed by atoms with Crippen LogP contribution < -0.4 is 4.72 Å². The number of hydrogen-bond donors (Lipinski definition) is 1. The standard InChI is InChI=1S/C13H17ClN2O5S/c1-8(12(17)16(3)4)21-13(18)9-5-6-10(14)11(7-9)22(19,20)15-2/h5-8,15H,1-4H3/t8-/m1/s1. The van der Waals surface area contributed by atoms with Crippen molar-refractivity contribution in [1.29, 1.82) is 0 Å². The largest absolute Gasteiger partial charge is 0.449 e. The van der Waals surface area contributed by atoms with Gasteiger partial charge in [0.1, 0.15) is 4.90 Å². The average Bonchev–Trinajstić information content (AvgIpc) is 2.46. The summed E-state index contributed by atoms with van der Waals surface area (Å²) in [5, 5.41) is -0.0247. The molecule has 0 saturated carbocycles. The van der Waals surface area contributed by atoms with Crippen LogP contribution in [0.2, 0.25) is 5.02 Å². The maximum atomic E-state index is 12.0. The van der Waals surface area contributed by atoms with Crippen LogP contribution in [0.5, 0.6) is 0 Å². The Labute approximate surface area is 134 Å². The third-order valence-electron chi connectivity index (χ3n) is 2.80. The van der Waals surface area contributed by atoms with Gasteiger partial charge in [0.2, 0.25) is 10.0 Å². The summed E-state index contributed by atoms with van der Waals surface area (Å²) in [6.45, 7) is 1.43. The number of amides is 1. The van der Waals surface area contributed by atoms with Gasteiger partial charge in [-0.1, -0.05) is 11.6 Å². The minimum Gasteiger partial charge on any atom is -0.449 e. The summed E-state index contributed by atoms with van der Waals surface area (Å²) in [5.74, 6) is -1.20. The summed E-state index contributed by atoms with van der Waals surface area (Å²) in [6.07, 6.45) is -0.984. The second-order valence-corrected chi connectivity index (χ2v) is 6.90. The lowest BCUT2D eigenvalue weighted by molar-refractivity contribution is -0.137. The Bertz CT molecular complexity index is 688. The highest BCUT2D eigenvalue weighted by atomic mass is 35.5. The number of likely N-dealkylation sites (N-methyl/N-ethyl adjacent to an activating group) is 1. The van der Waals surface area contributed by atoms with E-state index < -0.39 is 22.1 Å². The number of halogens is 1. The lowest BCUT2D eigenvalue weighted by Crippen LogP contribution is -2.34. The molecule has 0 radical (unpaired) electrons. The molecule has 0 aliphatic carbocycles. The van der Waals surface area contributed by atoms with Gasteiger partial charge in [-0.3, -0.25) is 4.79 Å². The summed E-state index contributed by atoms with van der Waals surface area (Å²) >= 11 is 5.83. The number of rotatable bonds is 5. The predicted octanol–water partition coefficient (Wildman–Crippen LogP) is 0.882. The molecule has 1 N–H and O–H groups in total. The highest BCUT2D eigenvalue weighted by Crippen LogP contribution is 2.23. The van der Waals surface area contributed by atoms with E-state index in [1.165, 1.54) is 45.1 Å². The fourth-order valence-electron chi connectivity index (χ4n) is 1.59. The van der Waals surface area contributed by atoms with Crippen molar-refractivity contribution < 1.29 is 22.7 Å². The number of nitrogens with one attached hydrogen (secondary N) is 1. The maximum Gasteiger partial charge on any atom is 0.338 e. The maximum absolute atomic E-state index is 12.0. The molecule has 0 fully saturated rings. The van der Waals surface area contributed by atoms with E-state index in [-0.39, 0.29) is 21.4 Å². The zero-order chi connectivity index (χ0) is 17.1. The molecule has 0 unspecified atom stereocenters. The Morgan fingerprint density at radius 1 is 1.32 bits per heavy atom. The van der Waals surface area contributed by atoms with E-state index in [1.54, 1.807) is 0 Å². The fraction of sp³-hybridized carbons (Fsp3) is 0.385. The Balaban J connectivity index is 3.06. The monoisotopic (exact) mass is 348 g/mol. The van der Waals surface area contributed by atoms with Gasteiger partial charge in [-0.2, -0.15) is 0 Å². The number of nitrogens with zero attached hydrogens (tertiary/aromatic N) is 1. The number of carbonyl (C=O) groups is 2. The number of esters is 1. The van der Waals surface area contributed by atoms with Crippen molar-refractivity contribution in [3.8, 4) is 0 Å². The molecule has 9 heteroatoms. The van der Waals surface area contributed by atoms with Crippen molar-refractivity contribution in [2.75, 3.05) is 21.1 Å². The number of benzene rings is 1.